The third-order valence-corrected chi connectivity index (χ3v) is 8.00. The van der Waals surface area contributed by atoms with Crippen molar-refractivity contribution >= 4 is 34.3 Å². The van der Waals surface area contributed by atoms with Crippen LogP contribution in [0.15, 0.2) is 88.0 Å². The average Bonchev–Trinajstić information content (AvgIpc) is 3.14. The quantitative estimate of drug-likeness (QED) is 0.358. The van der Waals surface area contributed by atoms with Gasteiger partial charge in [-0.15, -0.1) is 0 Å². The van der Waals surface area contributed by atoms with Crippen LogP contribution < -0.4 is 9.47 Å². The summed E-state index contributed by atoms with van der Waals surface area (Å²) in [7, 11) is 0. The number of nitrogens with zero attached hydrogens (tertiary/aromatic N) is 2. The molecule has 2 nitrogen and oxygen atoms in total. The predicted molar refractivity (Wildman–Crippen MR) is 147 cm³/mol. The first-order valence-corrected chi connectivity index (χ1v) is 13.3. The highest BCUT2D eigenvalue weighted by Crippen LogP contribution is 2.47. The first-order valence-electron chi connectivity index (χ1n) is 12.5. The molecule has 0 fully saturated rings. The summed E-state index contributed by atoms with van der Waals surface area (Å²) in [6.07, 6.45) is 11.8. The van der Waals surface area contributed by atoms with Gasteiger partial charge in [0.25, 0.3) is 0 Å². The Morgan fingerprint density at radius 1 is 1.03 bits per heavy atom. The number of benzene rings is 2. The molecule has 3 heteroatoms. The maximum atomic E-state index is 2.45. The molecule has 1 aliphatic heterocycles. The average molecular weight is 468 g/mol. The highest BCUT2D eigenvalue weighted by atomic mass is 32.2. The topological polar surface area (TPSA) is 7.12 Å². The standard InChI is InChI=1S/C31H35N2S/c1-6-32-15-14-25-16-22(3)12-13-26(25)28(32)18-23-17-24(21-31(4,5)20-23)19-30-33(7-2)27-10-8-9-11-29(27)34-30/h8-19H,6-7,20-21H2,1-5H3/q+1. The molecule has 2 aromatic carbocycles. The molecule has 2 heterocycles. The molecule has 0 N–H and O–H groups in total. The molecular formula is C31H35N2S+. The van der Waals surface area contributed by atoms with Gasteiger partial charge < -0.3 is 4.90 Å². The number of pyridine rings is 1. The fourth-order valence-electron chi connectivity index (χ4n) is 5.41. The monoisotopic (exact) mass is 467 g/mol. The van der Waals surface area contributed by atoms with E-state index in [9.17, 15) is 0 Å². The zero-order valence-corrected chi connectivity index (χ0v) is 21.9. The molecule has 3 aromatic rings. The number of rotatable bonds is 4. The van der Waals surface area contributed by atoms with Gasteiger partial charge in [0.05, 0.1) is 16.1 Å². The van der Waals surface area contributed by atoms with Gasteiger partial charge in [-0.1, -0.05) is 61.5 Å². The van der Waals surface area contributed by atoms with E-state index in [1.54, 1.807) is 0 Å². The van der Waals surface area contributed by atoms with Crippen LogP contribution in [-0.2, 0) is 6.54 Å². The lowest BCUT2D eigenvalue weighted by molar-refractivity contribution is -0.693. The molecule has 0 spiro atoms. The first-order chi connectivity index (χ1) is 16.4. The van der Waals surface area contributed by atoms with Crippen molar-refractivity contribution in [2.45, 2.75) is 58.9 Å². The molecule has 0 amide bonds. The number of hydrogen-bond acceptors (Lipinski definition) is 2. The molecule has 2 aliphatic rings. The summed E-state index contributed by atoms with van der Waals surface area (Å²) in [6.45, 7) is 13.4. The summed E-state index contributed by atoms with van der Waals surface area (Å²) in [4.78, 5) is 3.81. The lowest BCUT2D eigenvalue weighted by Gasteiger charge is -2.31. The van der Waals surface area contributed by atoms with Crippen molar-refractivity contribution < 1.29 is 4.57 Å². The predicted octanol–water partition coefficient (Wildman–Crippen LogP) is 8.06. The minimum atomic E-state index is 0.234. The van der Waals surface area contributed by atoms with E-state index in [1.165, 1.54) is 48.8 Å². The number of para-hydroxylation sites is 1. The Morgan fingerprint density at radius 2 is 1.85 bits per heavy atom. The van der Waals surface area contributed by atoms with Crippen molar-refractivity contribution in [1.29, 1.82) is 0 Å². The van der Waals surface area contributed by atoms with Crippen LogP contribution in [0.25, 0.3) is 16.8 Å². The molecule has 0 radical (unpaired) electrons. The van der Waals surface area contributed by atoms with Crippen molar-refractivity contribution in [3.05, 3.63) is 94.3 Å². The molecular weight excluding hydrogens is 432 g/mol. The second-order valence-electron chi connectivity index (χ2n) is 10.3. The minimum absolute atomic E-state index is 0.234. The van der Waals surface area contributed by atoms with Crippen molar-refractivity contribution in [2.24, 2.45) is 5.41 Å². The van der Waals surface area contributed by atoms with Gasteiger partial charge in [-0.05, 0) is 79.8 Å². The van der Waals surface area contributed by atoms with Gasteiger partial charge >= 0.3 is 0 Å². The molecule has 1 aromatic heterocycles. The van der Waals surface area contributed by atoms with Crippen molar-refractivity contribution in [3.63, 3.8) is 0 Å². The number of aryl methyl sites for hydroxylation is 2. The van der Waals surface area contributed by atoms with Crippen LogP contribution in [0.1, 0.15) is 51.8 Å². The number of fused-ring (bicyclic) bond motifs is 2. The van der Waals surface area contributed by atoms with Crippen LogP contribution in [-0.4, -0.2) is 6.54 Å². The van der Waals surface area contributed by atoms with E-state index in [0.717, 1.165) is 25.9 Å². The Kier molecular flexibility index (Phi) is 6.16. The lowest BCUT2D eigenvalue weighted by Crippen LogP contribution is -2.35. The van der Waals surface area contributed by atoms with Crippen molar-refractivity contribution in [2.75, 3.05) is 11.4 Å². The van der Waals surface area contributed by atoms with Gasteiger partial charge in [0, 0.05) is 23.6 Å². The van der Waals surface area contributed by atoms with Crippen LogP contribution in [0.3, 0.4) is 0 Å². The Morgan fingerprint density at radius 3 is 2.65 bits per heavy atom. The Bertz CT molecular complexity index is 1340. The fraction of sp³-hybridized carbons (Fsp3) is 0.323. The molecule has 0 bridgehead atoms. The van der Waals surface area contributed by atoms with Gasteiger partial charge in [-0.2, -0.15) is 4.57 Å². The van der Waals surface area contributed by atoms with E-state index in [1.807, 2.05) is 11.8 Å². The van der Waals surface area contributed by atoms with Gasteiger partial charge in [-0.3, -0.25) is 0 Å². The molecule has 174 valence electrons. The van der Waals surface area contributed by atoms with Gasteiger partial charge in [-0.25, -0.2) is 0 Å². The number of aromatic nitrogens is 1. The molecule has 0 unspecified atom stereocenters. The van der Waals surface area contributed by atoms with E-state index in [4.69, 9.17) is 0 Å². The van der Waals surface area contributed by atoms with Gasteiger partial charge in [0.2, 0.25) is 5.69 Å². The second-order valence-corrected chi connectivity index (χ2v) is 11.4. The fourth-order valence-corrected chi connectivity index (χ4v) is 6.61. The number of thioether (sulfide) groups is 1. The molecule has 34 heavy (non-hydrogen) atoms. The van der Waals surface area contributed by atoms with Crippen LogP contribution in [0, 0.1) is 12.3 Å². The highest BCUT2D eigenvalue weighted by molar-refractivity contribution is 8.03. The normalized spacial score (nSPS) is 19.7. The maximum Gasteiger partial charge on any atom is 0.213 e. The molecule has 1 aliphatic carbocycles. The largest absolute Gasteiger partial charge is 0.335 e. The van der Waals surface area contributed by atoms with E-state index >= 15 is 0 Å². The Labute approximate surface area is 208 Å². The summed E-state index contributed by atoms with van der Waals surface area (Å²) in [5, 5.41) is 3.99. The lowest BCUT2D eigenvalue weighted by atomic mass is 9.75. The summed E-state index contributed by atoms with van der Waals surface area (Å²) in [5.74, 6) is 0. The van der Waals surface area contributed by atoms with Crippen LogP contribution >= 0.6 is 11.8 Å². The summed E-state index contributed by atoms with van der Waals surface area (Å²) < 4.78 is 2.38. The summed E-state index contributed by atoms with van der Waals surface area (Å²) in [6, 6.07) is 17.8. The minimum Gasteiger partial charge on any atom is -0.335 e. The van der Waals surface area contributed by atoms with Crippen molar-refractivity contribution in [1.82, 2.24) is 0 Å². The maximum absolute atomic E-state index is 2.45. The van der Waals surface area contributed by atoms with E-state index in [2.05, 4.69) is 117 Å². The van der Waals surface area contributed by atoms with Gasteiger partial charge in [0.15, 0.2) is 6.20 Å². The molecule has 0 atom stereocenters. The first kappa shape index (κ1) is 23.0. The number of anilines is 1. The third-order valence-electron chi connectivity index (χ3n) is 6.89. The SMILES string of the molecule is CCN1/C(=C\C2=CC(=C\c3c4ccc(C)cc4cc[n+]3CC)/CC(C)(C)C2)Sc2ccccc21. The number of allylic oxidation sites excluding steroid dienone is 4. The van der Waals surface area contributed by atoms with E-state index < -0.39 is 0 Å². The second kappa shape index (κ2) is 9.11. The molecule has 0 saturated heterocycles. The molecule has 0 saturated carbocycles. The zero-order valence-electron chi connectivity index (χ0n) is 21.1. The van der Waals surface area contributed by atoms with E-state index in [-0.39, 0.29) is 5.41 Å². The number of hydrogen-bond donors (Lipinski definition) is 0. The summed E-state index contributed by atoms with van der Waals surface area (Å²) >= 11 is 1.90. The summed E-state index contributed by atoms with van der Waals surface area (Å²) in [5.41, 5.74) is 7.04. The van der Waals surface area contributed by atoms with Crippen LogP contribution in [0.5, 0.6) is 0 Å². The molecule has 5 rings (SSSR count). The Balaban J connectivity index is 1.58. The van der Waals surface area contributed by atoms with Crippen molar-refractivity contribution in [3.8, 4) is 0 Å². The Hall–Kier alpha value is -2.78. The van der Waals surface area contributed by atoms with Crippen LogP contribution in [0.4, 0.5) is 5.69 Å². The van der Waals surface area contributed by atoms with Crippen LogP contribution in [0.2, 0.25) is 0 Å². The van der Waals surface area contributed by atoms with Gasteiger partial charge in [0.1, 0.15) is 6.54 Å². The smallest absolute Gasteiger partial charge is 0.213 e. The zero-order chi connectivity index (χ0) is 23.9. The highest BCUT2D eigenvalue weighted by Gasteiger charge is 2.28. The van der Waals surface area contributed by atoms with E-state index in [0.29, 0.717) is 0 Å². The third kappa shape index (κ3) is 4.46.